The topological polar surface area (TPSA) is 85.9 Å². The van der Waals surface area contributed by atoms with Crippen LogP contribution in [0.15, 0.2) is 58.2 Å². The van der Waals surface area contributed by atoms with Gasteiger partial charge in [-0.2, -0.15) is 0 Å². The van der Waals surface area contributed by atoms with Crippen molar-refractivity contribution < 1.29 is 23.8 Å². The summed E-state index contributed by atoms with van der Waals surface area (Å²) in [4.78, 5) is 24.6. The molecule has 2 N–H and O–H groups in total. The van der Waals surface area contributed by atoms with Gasteiger partial charge >= 0.3 is 12.0 Å². The van der Waals surface area contributed by atoms with Crippen LogP contribution < -0.4 is 20.1 Å². The number of ether oxygens (including phenoxy) is 3. The van der Waals surface area contributed by atoms with Crippen LogP contribution >= 0.6 is 15.9 Å². The van der Waals surface area contributed by atoms with E-state index in [0.29, 0.717) is 39.4 Å². The molecule has 0 saturated heterocycles. The number of hydrogen-bond acceptors (Lipinski definition) is 5. The molecule has 0 bridgehead atoms. The molecule has 0 spiro atoms. The van der Waals surface area contributed by atoms with E-state index >= 15 is 0 Å². The lowest BCUT2D eigenvalue weighted by Gasteiger charge is -2.28. The Hall–Kier alpha value is -3.00. The van der Waals surface area contributed by atoms with E-state index in [0.717, 1.165) is 5.56 Å². The number of carbonyl (C=O) groups is 2. The predicted octanol–water partition coefficient (Wildman–Crippen LogP) is 4.23. The summed E-state index contributed by atoms with van der Waals surface area (Å²) in [6.45, 7) is 4.00. The van der Waals surface area contributed by atoms with Gasteiger partial charge in [-0.15, -0.1) is 0 Å². The van der Waals surface area contributed by atoms with E-state index < -0.39 is 18.0 Å². The van der Waals surface area contributed by atoms with Gasteiger partial charge in [0.2, 0.25) is 0 Å². The van der Waals surface area contributed by atoms with Gasteiger partial charge in [-0.1, -0.05) is 30.3 Å². The zero-order valence-electron chi connectivity index (χ0n) is 17.0. The molecule has 30 heavy (non-hydrogen) atoms. The largest absolute Gasteiger partial charge is 0.493 e. The lowest BCUT2D eigenvalue weighted by molar-refractivity contribution is -0.139. The molecule has 2 amide bonds. The maximum Gasteiger partial charge on any atom is 0.338 e. The minimum absolute atomic E-state index is 0.232. The third-order valence-corrected chi connectivity index (χ3v) is 5.16. The Morgan fingerprint density at radius 1 is 1.20 bits per heavy atom. The van der Waals surface area contributed by atoms with Crippen LogP contribution in [0.2, 0.25) is 0 Å². The van der Waals surface area contributed by atoms with Crippen molar-refractivity contribution in [1.29, 1.82) is 0 Å². The SMILES string of the molecule is CCOC(=O)C1=C(C)NC(=O)NC1c1cc(Br)c(OCc2ccccc2)c(OC)c1. The number of urea groups is 1. The fourth-order valence-corrected chi connectivity index (χ4v) is 3.77. The average Bonchev–Trinajstić information content (AvgIpc) is 2.72. The van der Waals surface area contributed by atoms with Gasteiger partial charge in [0, 0.05) is 5.70 Å². The minimum atomic E-state index is -0.689. The minimum Gasteiger partial charge on any atom is -0.493 e. The first-order valence-electron chi connectivity index (χ1n) is 9.44. The summed E-state index contributed by atoms with van der Waals surface area (Å²) < 4.78 is 17.3. The molecule has 1 atom stereocenters. The summed E-state index contributed by atoms with van der Waals surface area (Å²) in [5, 5.41) is 5.40. The summed E-state index contributed by atoms with van der Waals surface area (Å²) in [5.41, 5.74) is 2.46. The molecule has 0 radical (unpaired) electrons. The number of benzene rings is 2. The van der Waals surface area contributed by atoms with Crippen LogP contribution in [0.25, 0.3) is 0 Å². The highest BCUT2D eigenvalue weighted by Crippen LogP contribution is 2.40. The number of allylic oxidation sites excluding steroid dienone is 1. The fraction of sp³-hybridized carbons (Fsp3) is 0.273. The Kier molecular flexibility index (Phi) is 6.99. The molecule has 158 valence electrons. The molecule has 0 saturated carbocycles. The lowest BCUT2D eigenvalue weighted by Crippen LogP contribution is -2.45. The van der Waals surface area contributed by atoms with Gasteiger partial charge in [0.25, 0.3) is 0 Å². The van der Waals surface area contributed by atoms with Crippen molar-refractivity contribution in [2.24, 2.45) is 0 Å². The second-order valence-electron chi connectivity index (χ2n) is 6.60. The molecule has 1 aliphatic heterocycles. The van der Waals surface area contributed by atoms with Crippen molar-refractivity contribution in [3.05, 3.63) is 69.3 Å². The summed E-state index contributed by atoms with van der Waals surface area (Å²) >= 11 is 3.53. The standard InChI is InChI=1S/C22H23BrN2O5/c1-4-29-21(26)18-13(2)24-22(27)25-19(18)15-10-16(23)20(17(11-15)28-3)30-12-14-8-6-5-7-9-14/h5-11,19H,4,12H2,1-3H3,(H2,24,25,27). The molecule has 0 fully saturated rings. The average molecular weight is 475 g/mol. The molecule has 1 unspecified atom stereocenters. The number of hydrogen-bond donors (Lipinski definition) is 2. The third-order valence-electron chi connectivity index (χ3n) is 4.58. The normalized spacial score (nSPS) is 15.9. The van der Waals surface area contributed by atoms with Crippen molar-refractivity contribution in [3.8, 4) is 11.5 Å². The Labute approximate surface area is 183 Å². The van der Waals surface area contributed by atoms with Crippen LogP contribution in [0.3, 0.4) is 0 Å². The van der Waals surface area contributed by atoms with Crippen molar-refractivity contribution in [2.45, 2.75) is 26.5 Å². The molecule has 0 aliphatic carbocycles. The Morgan fingerprint density at radius 3 is 2.60 bits per heavy atom. The maximum atomic E-state index is 12.5. The molecule has 2 aromatic carbocycles. The van der Waals surface area contributed by atoms with Crippen LogP contribution in [-0.2, 0) is 16.1 Å². The van der Waals surface area contributed by atoms with Crippen LogP contribution in [0, 0.1) is 0 Å². The number of amides is 2. The molecule has 1 aliphatic rings. The van der Waals surface area contributed by atoms with Gasteiger partial charge in [-0.3, -0.25) is 0 Å². The van der Waals surface area contributed by atoms with Gasteiger partial charge in [-0.25, -0.2) is 9.59 Å². The molecular formula is C22H23BrN2O5. The van der Waals surface area contributed by atoms with Crippen LogP contribution in [-0.4, -0.2) is 25.7 Å². The van der Waals surface area contributed by atoms with Crippen molar-refractivity contribution >= 4 is 27.9 Å². The monoisotopic (exact) mass is 474 g/mol. The first-order valence-corrected chi connectivity index (χ1v) is 10.2. The number of rotatable bonds is 7. The Balaban J connectivity index is 1.95. The van der Waals surface area contributed by atoms with Crippen molar-refractivity contribution in [2.75, 3.05) is 13.7 Å². The first kappa shape index (κ1) is 21.7. The Morgan fingerprint density at radius 2 is 1.93 bits per heavy atom. The second kappa shape index (κ2) is 9.67. The zero-order valence-corrected chi connectivity index (χ0v) is 18.5. The number of methoxy groups -OCH3 is 1. The van der Waals surface area contributed by atoms with Gasteiger partial charge < -0.3 is 24.8 Å². The van der Waals surface area contributed by atoms with E-state index in [1.807, 2.05) is 30.3 Å². The van der Waals surface area contributed by atoms with E-state index in [4.69, 9.17) is 14.2 Å². The predicted molar refractivity (Wildman–Crippen MR) is 115 cm³/mol. The van der Waals surface area contributed by atoms with Crippen LogP contribution in [0.4, 0.5) is 4.79 Å². The van der Waals surface area contributed by atoms with Gasteiger partial charge in [0.05, 0.1) is 29.8 Å². The van der Waals surface area contributed by atoms with Gasteiger partial charge in [0.1, 0.15) is 6.61 Å². The van der Waals surface area contributed by atoms with Gasteiger partial charge in [0.15, 0.2) is 11.5 Å². The lowest BCUT2D eigenvalue weighted by atomic mass is 9.95. The van der Waals surface area contributed by atoms with E-state index in [1.54, 1.807) is 26.0 Å². The number of halogens is 1. The zero-order chi connectivity index (χ0) is 21.7. The van der Waals surface area contributed by atoms with Crippen LogP contribution in [0.5, 0.6) is 11.5 Å². The van der Waals surface area contributed by atoms with E-state index in [9.17, 15) is 9.59 Å². The number of carbonyl (C=O) groups excluding carboxylic acids is 2. The molecule has 3 rings (SSSR count). The fourth-order valence-electron chi connectivity index (χ4n) is 3.20. The summed E-state index contributed by atoms with van der Waals surface area (Å²) in [5.74, 6) is 0.514. The smallest absolute Gasteiger partial charge is 0.338 e. The number of esters is 1. The number of nitrogens with one attached hydrogen (secondary N) is 2. The molecule has 2 aromatic rings. The summed E-state index contributed by atoms with van der Waals surface area (Å²) in [6, 6.07) is 12.2. The quantitative estimate of drug-likeness (QED) is 0.586. The third kappa shape index (κ3) is 4.76. The van der Waals surface area contributed by atoms with E-state index in [2.05, 4.69) is 26.6 Å². The molecule has 7 nitrogen and oxygen atoms in total. The van der Waals surface area contributed by atoms with Crippen LogP contribution in [0.1, 0.15) is 31.0 Å². The second-order valence-corrected chi connectivity index (χ2v) is 7.45. The first-order chi connectivity index (χ1) is 14.4. The highest BCUT2D eigenvalue weighted by Gasteiger charge is 2.33. The Bertz CT molecular complexity index is 975. The van der Waals surface area contributed by atoms with Crippen molar-refractivity contribution in [3.63, 3.8) is 0 Å². The maximum absolute atomic E-state index is 12.5. The van der Waals surface area contributed by atoms with Gasteiger partial charge in [-0.05, 0) is 53.0 Å². The highest BCUT2D eigenvalue weighted by molar-refractivity contribution is 9.10. The van der Waals surface area contributed by atoms with E-state index in [1.165, 1.54) is 7.11 Å². The molecule has 8 heteroatoms. The molecule has 1 heterocycles. The summed E-state index contributed by atoms with van der Waals surface area (Å²) in [6.07, 6.45) is 0. The highest BCUT2D eigenvalue weighted by atomic mass is 79.9. The van der Waals surface area contributed by atoms with Crippen molar-refractivity contribution in [1.82, 2.24) is 10.6 Å². The molecular weight excluding hydrogens is 452 g/mol. The molecule has 0 aromatic heterocycles. The summed E-state index contributed by atoms with van der Waals surface area (Å²) in [7, 11) is 1.54. The van der Waals surface area contributed by atoms with E-state index in [-0.39, 0.29) is 6.61 Å².